The van der Waals surface area contributed by atoms with Crippen molar-refractivity contribution in [2.24, 2.45) is 0 Å². The van der Waals surface area contributed by atoms with Gasteiger partial charge in [-0.2, -0.15) is 5.10 Å². The van der Waals surface area contributed by atoms with E-state index in [4.69, 9.17) is 5.10 Å². The minimum atomic E-state index is -0.112. The predicted molar refractivity (Wildman–Crippen MR) is 95.6 cm³/mol. The number of carbonyl (C=O) groups excluding carboxylic acids is 1. The van der Waals surface area contributed by atoms with Crippen LogP contribution in [0.4, 0.5) is 0 Å². The van der Waals surface area contributed by atoms with E-state index in [2.05, 4.69) is 24.3 Å². The van der Waals surface area contributed by atoms with Crippen LogP contribution in [0.2, 0.25) is 0 Å². The molecule has 1 atom stereocenters. The molecule has 1 fully saturated rings. The van der Waals surface area contributed by atoms with Gasteiger partial charge < -0.3 is 0 Å². The Bertz CT molecular complexity index is 780. The third kappa shape index (κ3) is 2.78. The van der Waals surface area contributed by atoms with Crippen molar-refractivity contribution in [3.8, 4) is 22.4 Å². The van der Waals surface area contributed by atoms with Crippen LogP contribution >= 0.6 is 0 Å². The summed E-state index contributed by atoms with van der Waals surface area (Å²) < 4.78 is 1.90. The molecule has 120 valence electrons. The van der Waals surface area contributed by atoms with Crippen LogP contribution in [0.15, 0.2) is 66.9 Å². The Morgan fingerprint density at radius 3 is 2.21 bits per heavy atom. The van der Waals surface area contributed by atoms with Crippen molar-refractivity contribution >= 4 is 5.78 Å². The Hall–Kier alpha value is -2.68. The maximum absolute atomic E-state index is 12.3. The average Bonchev–Trinajstić information content (AvgIpc) is 3.09. The molecule has 3 heteroatoms. The zero-order valence-electron chi connectivity index (χ0n) is 13.6. The average molecular weight is 316 g/mol. The first kappa shape index (κ1) is 14.9. The lowest BCUT2D eigenvalue weighted by Gasteiger charge is -2.20. The van der Waals surface area contributed by atoms with Gasteiger partial charge in [0.15, 0.2) is 5.78 Å². The van der Waals surface area contributed by atoms with Gasteiger partial charge in [0.2, 0.25) is 0 Å². The summed E-state index contributed by atoms with van der Waals surface area (Å²) in [4.78, 5) is 12.3. The number of hydrogen-bond donors (Lipinski definition) is 0. The van der Waals surface area contributed by atoms with Gasteiger partial charge in [0.1, 0.15) is 11.7 Å². The van der Waals surface area contributed by atoms with Crippen molar-refractivity contribution in [3.63, 3.8) is 0 Å². The van der Waals surface area contributed by atoms with E-state index >= 15 is 0 Å². The van der Waals surface area contributed by atoms with Gasteiger partial charge in [0, 0.05) is 23.7 Å². The molecule has 4 rings (SSSR count). The normalized spacial score (nSPS) is 17.8. The summed E-state index contributed by atoms with van der Waals surface area (Å²) in [7, 11) is 0. The quantitative estimate of drug-likeness (QED) is 0.688. The molecule has 0 aliphatic heterocycles. The monoisotopic (exact) mass is 316 g/mol. The molecule has 1 heterocycles. The highest BCUT2D eigenvalue weighted by Gasteiger charge is 2.26. The maximum atomic E-state index is 12.3. The molecule has 0 amide bonds. The fraction of sp³-hybridized carbons (Fsp3) is 0.238. The van der Waals surface area contributed by atoms with E-state index in [0.717, 1.165) is 41.6 Å². The molecule has 3 nitrogen and oxygen atoms in total. The van der Waals surface area contributed by atoms with E-state index in [1.165, 1.54) is 0 Å². The number of ketones is 1. The molecule has 1 aliphatic carbocycles. The Morgan fingerprint density at radius 2 is 1.54 bits per heavy atom. The van der Waals surface area contributed by atoms with Crippen LogP contribution in [0.1, 0.15) is 31.7 Å². The first-order chi connectivity index (χ1) is 11.8. The number of Topliss-reactive ketones (excluding diaryl/α,β-unsaturated/α-hetero) is 1. The van der Waals surface area contributed by atoms with Crippen LogP contribution in [0, 0.1) is 0 Å². The van der Waals surface area contributed by atoms with Gasteiger partial charge in [-0.05, 0) is 18.4 Å². The van der Waals surface area contributed by atoms with E-state index in [1.54, 1.807) is 0 Å². The minimum Gasteiger partial charge on any atom is -0.297 e. The Morgan fingerprint density at radius 1 is 0.875 bits per heavy atom. The lowest BCUT2D eigenvalue weighted by molar-refractivity contribution is -0.124. The fourth-order valence-corrected chi connectivity index (χ4v) is 3.43. The predicted octanol–water partition coefficient (Wildman–Crippen LogP) is 4.90. The van der Waals surface area contributed by atoms with Gasteiger partial charge in [-0.15, -0.1) is 0 Å². The lowest BCUT2D eigenvalue weighted by atomic mass is 9.94. The van der Waals surface area contributed by atoms with Gasteiger partial charge >= 0.3 is 0 Å². The molecule has 1 aromatic heterocycles. The second-order valence-electron chi connectivity index (χ2n) is 6.33. The molecule has 0 bridgehead atoms. The Kier molecular flexibility index (Phi) is 3.99. The molecule has 0 radical (unpaired) electrons. The van der Waals surface area contributed by atoms with Crippen molar-refractivity contribution < 1.29 is 4.79 Å². The third-order valence-electron chi connectivity index (χ3n) is 4.71. The molecule has 1 aliphatic rings. The molecule has 0 spiro atoms. The summed E-state index contributed by atoms with van der Waals surface area (Å²) in [6, 6.07) is 20.4. The van der Waals surface area contributed by atoms with E-state index in [9.17, 15) is 4.79 Å². The highest BCUT2D eigenvalue weighted by atomic mass is 16.1. The summed E-state index contributed by atoms with van der Waals surface area (Å²) in [5, 5.41) is 4.83. The third-order valence-corrected chi connectivity index (χ3v) is 4.71. The Labute approximate surface area is 141 Å². The van der Waals surface area contributed by atoms with Crippen LogP contribution in [-0.2, 0) is 4.79 Å². The van der Waals surface area contributed by atoms with Crippen LogP contribution < -0.4 is 0 Å². The largest absolute Gasteiger partial charge is 0.297 e. The zero-order valence-corrected chi connectivity index (χ0v) is 13.6. The van der Waals surface area contributed by atoms with Gasteiger partial charge in [-0.1, -0.05) is 67.1 Å². The second-order valence-corrected chi connectivity index (χ2v) is 6.33. The second kappa shape index (κ2) is 6.44. The van der Waals surface area contributed by atoms with Crippen molar-refractivity contribution in [1.29, 1.82) is 0 Å². The van der Waals surface area contributed by atoms with E-state index in [0.29, 0.717) is 12.2 Å². The standard InChI is InChI=1S/C21H20N2O/c24-20-14-8-7-13-19(20)23-15-18(16-9-3-1-4-10-16)21(22-23)17-11-5-2-6-12-17/h1-6,9-12,15,19H,7-8,13-14H2. The molecular formula is C21H20N2O. The van der Waals surface area contributed by atoms with E-state index in [1.807, 2.05) is 47.3 Å². The van der Waals surface area contributed by atoms with Gasteiger partial charge in [0.05, 0.1) is 0 Å². The van der Waals surface area contributed by atoms with Crippen LogP contribution in [0.25, 0.3) is 22.4 Å². The topological polar surface area (TPSA) is 34.9 Å². The molecule has 0 N–H and O–H groups in total. The van der Waals surface area contributed by atoms with Crippen molar-refractivity contribution in [3.05, 3.63) is 66.9 Å². The van der Waals surface area contributed by atoms with Crippen LogP contribution in [0.3, 0.4) is 0 Å². The highest BCUT2D eigenvalue weighted by molar-refractivity contribution is 5.84. The van der Waals surface area contributed by atoms with Crippen LogP contribution in [0.5, 0.6) is 0 Å². The molecular weight excluding hydrogens is 296 g/mol. The summed E-state index contributed by atoms with van der Waals surface area (Å²) >= 11 is 0. The number of benzene rings is 2. The van der Waals surface area contributed by atoms with Crippen molar-refractivity contribution in [1.82, 2.24) is 9.78 Å². The van der Waals surface area contributed by atoms with Gasteiger partial charge in [0.25, 0.3) is 0 Å². The molecule has 1 unspecified atom stereocenters. The molecule has 1 saturated carbocycles. The smallest absolute Gasteiger partial charge is 0.157 e. The summed E-state index contributed by atoms with van der Waals surface area (Å²) in [6.07, 6.45) is 5.71. The fourth-order valence-electron chi connectivity index (χ4n) is 3.43. The van der Waals surface area contributed by atoms with E-state index < -0.39 is 0 Å². The SMILES string of the molecule is O=C1CCCCC1n1cc(-c2ccccc2)c(-c2ccccc2)n1. The number of nitrogens with zero attached hydrogens (tertiary/aromatic N) is 2. The maximum Gasteiger partial charge on any atom is 0.157 e. The van der Waals surface area contributed by atoms with E-state index in [-0.39, 0.29) is 6.04 Å². The van der Waals surface area contributed by atoms with Gasteiger partial charge in [-0.25, -0.2) is 0 Å². The number of aromatic nitrogens is 2. The van der Waals surface area contributed by atoms with Crippen LogP contribution in [-0.4, -0.2) is 15.6 Å². The summed E-state index contributed by atoms with van der Waals surface area (Å²) in [5.41, 5.74) is 4.24. The lowest BCUT2D eigenvalue weighted by Crippen LogP contribution is -2.23. The number of rotatable bonds is 3. The first-order valence-electron chi connectivity index (χ1n) is 8.55. The summed E-state index contributed by atoms with van der Waals surface area (Å²) in [6.45, 7) is 0. The number of carbonyl (C=O) groups is 1. The minimum absolute atomic E-state index is 0.112. The molecule has 24 heavy (non-hydrogen) atoms. The molecule has 0 saturated heterocycles. The highest BCUT2D eigenvalue weighted by Crippen LogP contribution is 2.34. The summed E-state index contributed by atoms with van der Waals surface area (Å²) in [5.74, 6) is 0.308. The van der Waals surface area contributed by atoms with Crippen molar-refractivity contribution in [2.45, 2.75) is 31.7 Å². The first-order valence-corrected chi connectivity index (χ1v) is 8.55. The molecule has 2 aromatic carbocycles. The number of hydrogen-bond acceptors (Lipinski definition) is 2. The molecule has 3 aromatic rings. The van der Waals surface area contributed by atoms with Gasteiger partial charge in [-0.3, -0.25) is 9.48 Å². The Balaban J connectivity index is 1.83. The zero-order chi connectivity index (χ0) is 16.4. The van der Waals surface area contributed by atoms with Crippen molar-refractivity contribution in [2.75, 3.05) is 0 Å².